The molecule has 0 bridgehead atoms. The van der Waals surface area contributed by atoms with Gasteiger partial charge in [-0.1, -0.05) is 0 Å². The van der Waals surface area contributed by atoms with Gasteiger partial charge in [-0.25, -0.2) is 4.98 Å². The molecule has 5 heteroatoms. The molecular weight excluding hydrogens is 258 g/mol. The van der Waals surface area contributed by atoms with Crippen LogP contribution in [0.2, 0.25) is 0 Å². The van der Waals surface area contributed by atoms with Crippen molar-refractivity contribution >= 4 is 11.3 Å². The normalized spacial score (nSPS) is 20.6. The number of pyridine rings is 1. The first-order valence-electron chi connectivity index (χ1n) is 6.45. The summed E-state index contributed by atoms with van der Waals surface area (Å²) < 4.78 is 5.62. The van der Waals surface area contributed by atoms with E-state index >= 15 is 0 Å². The van der Waals surface area contributed by atoms with Crippen molar-refractivity contribution in [3.8, 4) is 0 Å². The lowest BCUT2D eigenvalue weighted by Gasteiger charge is -2.34. The molecule has 1 saturated heterocycles. The Bertz CT molecular complexity index is 528. The van der Waals surface area contributed by atoms with Crippen LogP contribution in [-0.2, 0) is 11.3 Å². The van der Waals surface area contributed by atoms with Gasteiger partial charge >= 0.3 is 0 Å². The lowest BCUT2D eigenvalue weighted by Crippen LogP contribution is -2.39. The van der Waals surface area contributed by atoms with Crippen LogP contribution in [0.15, 0.2) is 29.9 Å². The quantitative estimate of drug-likeness (QED) is 0.862. The van der Waals surface area contributed by atoms with E-state index in [1.165, 1.54) is 5.56 Å². The summed E-state index contributed by atoms with van der Waals surface area (Å²) >= 11 is 1.70. The average molecular weight is 275 g/mol. The van der Waals surface area contributed by atoms with E-state index in [0.29, 0.717) is 0 Å². The maximum absolute atomic E-state index is 5.62. The Morgan fingerprint density at radius 2 is 2.26 bits per heavy atom. The van der Waals surface area contributed by atoms with Crippen molar-refractivity contribution in [1.29, 1.82) is 0 Å². The third-order valence-electron chi connectivity index (χ3n) is 3.35. The molecule has 0 N–H and O–H groups in total. The Labute approximate surface area is 117 Å². The molecule has 1 fully saturated rings. The van der Waals surface area contributed by atoms with Gasteiger partial charge in [0.1, 0.15) is 0 Å². The fourth-order valence-electron chi connectivity index (χ4n) is 2.36. The third-order valence-corrected chi connectivity index (χ3v) is 4.14. The van der Waals surface area contributed by atoms with Gasteiger partial charge in [-0.2, -0.15) is 0 Å². The van der Waals surface area contributed by atoms with Crippen LogP contribution in [0.5, 0.6) is 0 Å². The van der Waals surface area contributed by atoms with E-state index in [2.05, 4.69) is 32.4 Å². The molecule has 0 aromatic carbocycles. The van der Waals surface area contributed by atoms with E-state index in [9.17, 15) is 0 Å². The van der Waals surface area contributed by atoms with E-state index in [4.69, 9.17) is 4.74 Å². The molecule has 19 heavy (non-hydrogen) atoms. The highest BCUT2D eigenvalue weighted by molar-refractivity contribution is 7.09. The Balaban J connectivity index is 1.77. The van der Waals surface area contributed by atoms with Crippen molar-refractivity contribution in [1.82, 2.24) is 14.9 Å². The van der Waals surface area contributed by atoms with Gasteiger partial charge in [0.2, 0.25) is 0 Å². The Morgan fingerprint density at radius 1 is 1.42 bits per heavy atom. The molecule has 3 heterocycles. The molecule has 0 saturated carbocycles. The van der Waals surface area contributed by atoms with Crippen LogP contribution in [-0.4, -0.2) is 34.6 Å². The monoisotopic (exact) mass is 275 g/mol. The van der Waals surface area contributed by atoms with Crippen LogP contribution in [0.1, 0.15) is 22.3 Å². The molecule has 1 atom stereocenters. The number of rotatable bonds is 3. The van der Waals surface area contributed by atoms with Crippen molar-refractivity contribution in [3.05, 3.63) is 46.2 Å². The maximum atomic E-state index is 5.62. The highest BCUT2D eigenvalue weighted by Gasteiger charge is 2.26. The Hall–Kier alpha value is -1.30. The van der Waals surface area contributed by atoms with Crippen molar-refractivity contribution < 1.29 is 4.74 Å². The first-order chi connectivity index (χ1) is 9.33. The minimum atomic E-state index is 0.270. The smallest absolute Gasteiger partial charge is 0.0898 e. The van der Waals surface area contributed by atoms with Crippen LogP contribution < -0.4 is 0 Å². The van der Waals surface area contributed by atoms with Gasteiger partial charge in [0.05, 0.1) is 30.0 Å². The van der Waals surface area contributed by atoms with E-state index in [1.54, 1.807) is 11.3 Å². The summed E-state index contributed by atoms with van der Waals surface area (Å²) in [4.78, 5) is 11.1. The molecule has 3 rings (SSSR count). The van der Waals surface area contributed by atoms with Crippen LogP contribution in [0, 0.1) is 6.92 Å². The minimum Gasteiger partial charge on any atom is -0.378 e. The lowest BCUT2D eigenvalue weighted by molar-refractivity contribution is -0.0140. The summed E-state index contributed by atoms with van der Waals surface area (Å²) in [7, 11) is 0. The van der Waals surface area contributed by atoms with E-state index in [0.717, 1.165) is 37.0 Å². The van der Waals surface area contributed by atoms with Crippen molar-refractivity contribution in [2.75, 3.05) is 19.8 Å². The number of nitrogens with zero attached hydrogens (tertiary/aromatic N) is 3. The minimum absolute atomic E-state index is 0.270. The SMILES string of the molecule is Cc1nc(C2COCCN2Cc2ccncc2)cs1. The number of aryl methyl sites for hydroxylation is 1. The molecule has 0 amide bonds. The van der Waals surface area contributed by atoms with E-state index in [-0.39, 0.29) is 6.04 Å². The third kappa shape index (κ3) is 3.00. The first kappa shape index (κ1) is 12.7. The second kappa shape index (κ2) is 5.77. The van der Waals surface area contributed by atoms with Crippen LogP contribution >= 0.6 is 11.3 Å². The number of ether oxygens (including phenoxy) is 1. The Kier molecular flexibility index (Phi) is 3.87. The number of aromatic nitrogens is 2. The second-order valence-electron chi connectivity index (χ2n) is 4.71. The predicted molar refractivity (Wildman–Crippen MR) is 75.1 cm³/mol. The molecule has 1 aliphatic heterocycles. The van der Waals surface area contributed by atoms with Crippen molar-refractivity contribution in [2.24, 2.45) is 0 Å². The molecule has 100 valence electrons. The van der Waals surface area contributed by atoms with E-state index in [1.807, 2.05) is 19.3 Å². The average Bonchev–Trinajstić information content (AvgIpc) is 2.87. The van der Waals surface area contributed by atoms with Crippen LogP contribution in [0.3, 0.4) is 0 Å². The van der Waals surface area contributed by atoms with E-state index < -0.39 is 0 Å². The Morgan fingerprint density at radius 3 is 3.00 bits per heavy atom. The number of hydrogen-bond donors (Lipinski definition) is 0. The van der Waals surface area contributed by atoms with Gasteiger partial charge in [-0.3, -0.25) is 9.88 Å². The standard InChI is InChI=1S/C14H17N3OS/c1-11-16-13(10-19-11)14-9-18-7-6-17(14)8-12-2-4-15-5-3-12/h2-5,10,14H,6-9H2,1H3. The fourth-order valence-corrected chi connectivity index (χ4v) is 3.01. The number of morpholine rings is 1. The zero-order valence-electron chi connectivity index (χ0n) is 11.0. The van der Waals surface area contributed by atoms with Crippen LogP contribution in [0.4, 0.5) is 0 Å². The number of hydrogen-bond acceptors (Lipinski definition) is 5. The molecule has 2 aromatic heterocycles. The van der Waals surface area contributed by atoms with Gasteiger partial charge in [-0.15, -0.1) is 11.3 Å². The molecule has 0 spiro atoms. The van der Waals surface area contributed by atoms with Gasteiger partial charge in [0.15, 0.2) is 0 Å². The highest BCUT2D eigenvalue weighted by Crippen LogP contribution is 2.26. The molecule has 1 aliphatic rings. The van der Waals surface area contributed by atoms with Crippen molar-refractivity contribution in [3.63, 3.8) is 0 Å². The zero-order chi connectivity index (χ0) is 13.1. The number of thiazole rings is 1. The molecule has 4 nitrogen and oxygen atoms in total. The lowest BCUT2D eigenvalue weighted by atomic mass is 10.1. The van der Waals surface area contributed by atoms with Crippen molar-refractivity contribution in [2.45, 2.75) is 19.5 Å². The molecular formula is C14H17N3OS. The first-order valence-corrected chi connectivity index (χ1v) is 7.33. The maximum Gasteiger partial charge on any atom is 0.0898 e. The summed E-state index contributed by atoms with van der Waals surface area (Å²) in [6.45, 7) is 5.45. The zero-order valence-corrected chi connectivity index (χ0v) is 11.8. The fraction of sp³-hybridized carbons (Fsp3) is 0.429. The highest BCUT2D eigenvalue weighted by atomic mass is 32.1. The van der Waals surface area contributed by atoms with Gasteiger partial charge in [-0.05, 0) is 24.6 Å². The predicted octanol–water partition coefficient (Wildman–Crippen LogP) is 2.42. The van der Waals surface area contributed by atoms with Crippen LogP contribution in [0.25, 0.3) is 0 Å². The van der Waals surface area contributed by atoms with Gasteiger partial charge in [0, 0.05) is 30.9 Å². The molecule has 0 aliphatic carbocycles. The molecule has 2 aromatic rings. The topological polar surface area (TPSA) is 38.2 Å². The summed E-state index contributed by atoms with van der Waals surface area (Å²) in [6, 6.07) is 4.41. The summed E-state index contributed by atoms with van der Waals surface area (Å²) in [6.07, 6.45) is 3.69. The van der Waals surface area contributed by atoms with Gasteiger partial charge < -0.3 is 4.74 Å². The summed E-state index contributed by atoms with van der Waals surface area (Å²) in [5.74, 6) is 0. The summed E-state index contributed by atoms with van der Waals surface area (Å²) in [5.41, 5.74) is 2.42. The van der Waals surface area contributed by atoms with Gasteiger partial charge in [0.25, 0.3) is 0 Å². The molecule has 1 unspecified atom stereocenters. The largest absolute Gasteiger partial charge is 0.378 e. The summed E-state index contributed by atoms with van der Waals surface area (Å²) in [5, 5.41) is 3.26. The molecule has 0 radical (unpaired) electrons. The second-order valence-corrected chi connectivity index (χ2v) is 5.77.